The highest BCUT2D eigenvalue weighted by atomic mass is 35.5. The maximum atomic E-state index is 12.5. The molecule has 1 atom stereocenters. The molecule has 1 saturated heterocycles. The summed E-state index contributed by atoms with van der Waals surface area (Å²) < 4.78 is 31.6. The topological polar surface area (TPSA) is 66.9 Å². The number of carbonyl (C=O) groups excluding carboxylic acids is 1. The smallest absolute Gasteiger partial charge is 0.263 e. The number of hydrogen-bond donors (Lipinski definition) is 0. The highest BCUT2D eigenvalue weighted by molar-refractivity contribution is 7.89. The van der Waals surface area contributed by atoms with Gasteiger partial charge < -0.3 is 9.64 Å². The SMILES string of the molecule is CCCCS(=O)(=O)N1CCN(C(=O)C(C)Oc2ccc(Cl)cc2)CC1. The van der Waals surface area contributed by atoms with Gasteiger partial charge in [0, 0.05) is 31.2 Å². The third-order valence-corrected chi connectivity index (χ3v) is 6.38. The Morgan fingerprint density at radius 2 is 1.80 bits per heavy atom. The van der Waals surface area contributed by atoms with E-state index in [1.165, 1.54) is 4.31 Å². The number of benzene rings is 1. The summed E-state index contributed by atoms with van der Waals surface area (Å²) in [6.07, 6.45) is 0.870. The summed E-state index contributed by atoms with van der Waals surface area (Å²) in [5, 5.41) is 0.603. The van der Waals surface area contributed by atoms with Crippen molar-refractivity contribution in [3.05, 3.63) is 29.3 Å². The highest BCUT2D eigenvalue weighted by Crippen LogP contribution is 2.18. The highest BCUT2D eigenvalue weighted by Gasteiger charge is 2.30. The lowest BCUT2D eigenvalue weighted by atomic mass is 10.2. The molecule has 25 heavy (non-hydrogen) atoms. The standard InChI is InChI=1S/C17H25ClN2O4S/c1-3-4-13-25(22,23)20-11-9-19(10-12-20)17(21)14(2)24-16-7-5-15(18)6-8-16/h5-8,14H,3-4,9-13H2,1-2H3. The average molecular weight is 389 g/mol. The van der Waals surface area contributed by atoms with E-state index >= 15 is 0 Å². The molecule has 1 aliphatic rings. The van der Waals surface area contributed by atoms with Crippen molar-refractivity contribution in [2.75, 3.05) is 31.9 Å². The summed E-state index contributed by atoms with van der Waals surface area (Å²) >= 11 is 5.83. The quantitative estimate of drug-likeness (QED) is 0.719. The first kappa shape index (κ1) is 20.0. The van der Waals surface area contributed by atoms with Gasteiger partial charge in [-0.05, 0) is 37.6 Å². The van der Waals surface area contributed by atoms with Gasteiger partial charge in [0.2, 0.25) is 10.0 Å². The summed E-state index contributed by atoms with van der Waals surface area (Å²) in [5.41, 5.74) is 0. The van der Waals surface area contributed by atoms with E-state index in [0.29, 0.717) is 43.4 Å². The van der Waals surface area contributed by atoms with E-state index in [4.69, 9.17) is 16.3 Å². The van der Waals surface area contributed by atoms with E-state index in [1.54, 1.807) is 36.1 Å². The van der Waals surface area contributed by atoms with Gasteiger partial charge in [-0.25, -0.2) is 8.42 Å². The lowest BCUT2D eigenvalue weighted by molar-refractivity contribution is -0.139. The van der Waals surface area contributed by atoms with Crippen LogP contribution in [0.1, 0.15) is 26.7 Å². The number of ether oxygens (including phenoxy) is 1. The Bertz CT molecular complexity index is 670. The molecule has 0 saturated carbocycles. The zero-order valence-corrected chi connectivity index (χ0v) is 16.2. The monoisotopic (exact) mass is 388 g/mol. The maximum absolute atomic E-state index is 12.5. The minimum absolute atomic E-state index is 0.138. The third kappa shape index (κ3) is 5.59. The summed E-state index contributed by atoms with van der Waals surface area (Å²) in [6.45, 7) is 5.11. The molecule has 0 N–H and O–H groups in total. The predicted octanol–water partition coefficient (Wildman–Crippen LogP) is 2.38. The van der Waals surface area contributed by atoms with Crippen LogP contribution in [0.2, 0.25) is 5.02 Å². The Hall–Kier alpha value is -1.31. The number of carbonyl (C=O) groups is 1. The molecule has 1 amide bonds. The second-order valence-electron chi connectivity index (χ2n) is 6.11. The van der Waals surface area contributed by atoms with Crippen LogP contribution in [0, 0.1) is 0 Å². The van der Waals surface area contributed by atoms with Crippen molar-refractivity contribution in [3.63, 3.8) is 0 Å². The first-order valence-corrected chi connectivity index (χ1v) is 10.5. The van der Waals surface area contributed by atoms with Crippen LogP contribution in [-0.4, -0.2) is 61.6 Å². The van der Waals surface area contributed by atoms with Gasteiger partial charge >= 0.3 is 0 Å². The van der Waals surface area contributed by atoms with E-state index in [9.17, 15) is 13.2 Å². The largest absolute Gasteiger partial charge is 0.481 e. The van der Waals surface area contributed by atoms with Crippen LogP contribution in [0.15, 0.2) is 24.3 Å². The lowest BCUT2D eigenvalue weighted by Gasteiger charge is -2.35. The molecular weight excluding hydrogens is 364 g/mol. The molecule has 0 spiro atoms. The van der Waals surface area contributed by atoms with Crippen LogP contribution in [-0.2, 0) is 14.8 Å². The zero-order valence-electron chi connectivity index (χ0n) is 14.7. The van der Waals surface area contributed by atoms with Gasteiger partial charge in [0.05, 0.1) is 5.75 Å². The number of amides is 1. The van der Waals surface area contributed by atoms with Gasteiger partial charge in [-0.2, -0.15) is 4.31 Å². The molecule has 1 heterocycles. The van der Waals surface area contributed by atoms with Crippen LogP contribution in [0.5, 0.6) is 5.75 Å². The Morgan fingerprint density at radius 1 is 1.20 bits per heavy atom. The summed E-state index contributed by atoms with van der Waals surface area (Å²) in [4.78, 5) is 14.2. The Morgan fingerprint density at radius 3 is 2.36 bits per heavy atom. The number of piperazine rings is 1. The van der Waals surface area contributed by atoms with Crippen molar-refractivity contribution < 1.29 is 17.9 Å². The van der Waals surface area contributed by atoms with Crippen LogP contribution >= 0.6 is 11.6 Å². The summed E-state index contributed by atoms with van der Waals surface area (Å²) in [5.74, 6) is 0.611. The fourth-order valence-electron chi connectivity index (χ4n) is 2.67. The van der Waals surface area contributed by atoms with Crippen molar-refractivity contribution in [1.29, 1.82) is 0 Å². The van der Waals surface area contributed by atoms with Crippen LogP contribution in [0.25, 0.3) is 0 Å². The number of unbranched alkanes of at least 4 members (excludes halogenated alkanes) is 1. The molecule has 8 heteroatoms. The first-order valence-electron chi connectivity index (χ1n) is 8.52. The van der Waals surface area contributed by atoms with Gasteiger partial charge in [0.1, 0.15) is 5.75 Å². The summed E-state index contributed by atoms with van der Waals surface area (Å²) in [7, 11) is -3.22. The van der Waals surface area contributed by atoms with Crippen LogP contribution in [0.3, 0.4) is 0 Å². The molecule has 6 nitrogen and oxygen atoms in total. The molecular formula is C17H25ClN2O4S. The van der Waals surface area contributed by atoms with E-state index in [2.05, 4.69) is 0 Å². The minimum Gasteiger partial charge on any atom is -0.481 e. The van der Waals surface area contributed by atoms with Gasteiger partial charge in [-0.3, -0.25) is 4.79 Å². The second-order valence-corrected chi connectivity index (χ2v) is 8.63. The lowest BCUT2D eigenvalue weighted by Crippen LogP contribution is -2.53. The van der Waals surface area contributed by atoms with E-state index in [0.717, 1.165) is 6.42 Å². The van der Waals surface area contributed by atoms with Crippen LogP contribution in [0.4, 0.5) is 0 Å². The van der Waals surface area contributed by atoms with Crippen molar-refractivity contribution >= 4 is 27.5 Å². The molecule has 1 unspecified atom stereocenters. The van der Waals surface area contributed by atoms with Crippen molar-refractivity contribution in [1.82, 2.24) is 9.21 Å². The molecule has 1 aromatic carbocycles. The maximum Gasteiger partial charge on any atom is 0.263 e. The van der Waals surface area contributed by atoms with E-state index in [1.807, 2.05) is 6.92 Å². The number of nitrogens with zero attached hydrogens (tertiary/aromatic N) is 2. The molecule has 140 valence electrons. The Balaban J connectivity index is 1.87. The number of sulfonamides is 1. The third-order valence-electron chi connectivity index (χ3n) is 4.17. The van der Waals surface area contributed by atoms with Crippen LogP contribution < -0.4 is 4.74 Å². The molecule has 1 aromatic rings. The zero-order chi connectivity index (χ0) is 18.4. The minimum atomic E-state index is -3.22. The molecule has 0 radical (unpaired) electrons. The van der Waals surface area contributed by atoms with Gasteiger partial charge in [0.25, 0.3) is 5.91 Å². The van der Waals surface area contributed by atoms with Crippen molar-refractivity contribution in [3.8, 4) is 5.75 Å². The number of halogens is 1. The molecule has 1 fully saturated rings. The Kier molecular flexibility index (Phi) is 7.10. The average Bonchev–Trinajstić information content (AvgIpc) is 2.61. The molecule has 0 aromatic heterocycles. The fourth-order valence-corrected chi connectivity index (χ4v) is 4.42. The molecule has 2 rings (SSSR count). The van der Waals surface area contributed by atoms with Gasteiger partial charge in [-0.15, -0.1) is 0 Å². The van der Waals surface area contributed by atoms with Crippen molar-refractivity contribution in [2.24, 2.45) is 0 Å². The molecule has 1 aliphatic heterocycles. The summed E-state index contributed by atoms with van der Waals surface area (Å²) in [6, 6.07) is 6.83. The number of hydrogen-bond acceptors (Lipinski definition) is 4. The first-order chi connectivity index (χ1) is 11.8. The van der Waals surface area contributed by atoms with E-state index < -0.39 is 16.1 Å². The second kappa shape index (κ2) is 8.87. The van der Waals surface area contributed by atoms with Crippen molar-refractivity contribution in [2.45, 2.75) is 32.8 Å². The fraction of sp³-hybridized carbons (Fsp3) is 0.588. The van der Waals surface area contributed by atoms with Gasteiger partial charge in [-0.1, -0.05) is 24.9 Å². The van der Waals surface area contributed by atoms with E-state index in [-0.39, 0.29) is 11.7 Å². The predicted molar refractivity (Wildman–Crippen MR) is 98.4 cm³/mol. The molecule has 0 aliphatic carbocycles. The number of rotatable bonds is 7. The Labute approximate surface area is 154 Å². The normalized spacial score (nSPS) is 17.3. The molecule has 0 bridgehead atoms. The van der Waals surface area contributed by atoms with Gasteiger partial charge in [0.15, 0.2) is 6.10 Å².